The van der Waals surface area contributed by atoms with Crippen LogP contribution in [0.4, 0.5) is 17.5 Å². The van der Waals surface area contributed by atoms with Crippen molar-refractivity contribution in [3.63, 3.8) is 0 Å². The molecule has 1 heterocycles. The first kappa shape index (κ1) is 12.3. The van der Waals surface area contributed by atoms with E-state index in [1.807, 2.05) is 11.9 Å². The van der Waals surface area contributed by atoms with Gasteiger partial charge in [-0.2, -0.15) is 5.26 Å². The van der Waals surface area contributed by atoms with Gasteiger partial charge in [0.25, 0.3) is 0 Å². The first-order valence-electron chi connectivity index (χ1n) is 4.79. The van der Waals surface area contributed by atoms with Crippen molar-refractivity contribution < 1.29 is 0 Å². The van der Waals surface area contributed by atoms with E-state index in [1.54, 1.807) is 0 Å². The third kappa shape index (κ3) is 2.84. The summed E-state index contributed by atoms with van der Waals surface area (Å²) in [5, 5.41) is 8.44. The number of H-pyrrole nitrogens is 1. The summed E-state index contributed by atoms with van der Waals surface area (Å²) in [6.45, 7) is 0.701. The van der Waals surface area contributed by atoms with Gasteiger partial charge in [0, 0.05) is 20.0 Å². The van der Waals surface area contributed by atoms with Gasteiger partial charge in [-0.1, -0.05) is 12.2 Å². The third-order valence-corrected chi connectivity index (χ3v) is 2.43. The van der Waals surface area contributed by atoms with Crippen LogP contribution in [-0.4, -0.2) is 23.6 Å². The van der Waals surface area contributed by atoms with E-state index < -0.39 is 0 Å². The molecule has 6 nitrogen and oxygen atoms in total. The van der Waals surface area contributed by atoms with Gasteiger partial charge in [0.1, 0.15) is 11.5 Å². The molecule has 0 aliphatic rings. The van der Waals surface area contributed by atoms with Crippen molar-refractivity contribution in [3.8, 4) is 6.07 Å². The van der Waals surface area contributed by atoms with E-state index in [1.165, 1.54) is 0 Å². The van der Waals surface area contributed by atoms with E-state index in [-0.39, 0.29) is 5.95 Å². The molecule has 86 valence electrons. The quantitative estimate of drug-likeness (QED) is 0.534. The first-order chi connectivity index (χ1) is 7.56. The van der Waals surface area contributed by atoms with Crippen molar-refractivity contribution in [2.45, 2.75) is 12.8 Å². The molecule has 0 bridgehead atoms. The van der Waals surface area contributed by atoms with Crippen LogP contribution in [0.2, 0.25) is 0 Å². The van der Waals surface area contributed by atoms with E-state index in [4.69, 9.17) is 28.9 Å². The summed E-state index contributed by atoms with van der Waals surface area (Å²) >= 11 is 4.97. The predicted molar refractivity (Wildman–Crippen MR) is 66.4 cm³/mol. The van der Waals surface area contributed by atoms with Gasteiger partial charge in [-0.15, -0.1) is 0 Å². The average molecular weight is 238 g/mol. The maximum Gasteiger partial charge on any atom is 0.200 e. The molecule has 0 aromatic carbocycles. The summed E-state index contributed by atoms with van der Waals surface area (Å²) < 4.78 is 0.290. The number of nitrogen functional groups attached to an aromatic ring is 2. The highest BCUT2D eigenvalue weighted by molar-refractivity contribution is 7.71. The predicted octanol–water partition coefficient (Wildman–Crippen LogP) is 1.04. The number of unbranched alkanes of at least 4 members (excludes halogenated alkanes) is 1. The lowest BCUT2D eigenvalue weighted by molar-refractivity contribution is 0.796. The van der Waals surface area contributed by atoms with E-state index in [0.29, 0.717) is 29.1 Å². The number of hydrogen-bond acceptors (Lipinski definition) is 6. The van der Waals surface area contributed by atoms with Crippen LogP contribution in [0.5, 0.6) is 0 Å². The maximum absolute atomic E-state index is 8.44. The largest absolute Gasteiger partial charge is 0.393 e. The van der Waals surface area contributed by atoms with Gasteiger partial charge < -0.3 is 21.4 Å². The molecule has 0 atom stereocenters. The Morgan fingerprint density at radius 1 is 1.56 bits per heavy atom. The highest BCUT2D eigenvalue weighted by atomic mass is 32.1. The fourth-order valence-electron chi connectivity index (χ4n) is 1.30. The lowest BCUT2D eigenvalue weighted by Gasteiger charge is -2.20. The van der Waals surface area contributed by atoms with Gasteiger partial charge >= 0.3 is 0 Å². The van der Waals surface area contributed by atoms with Gasteiger partial charge in [-0.05, 0) is 6.42 Å². The number of nitrogens with zero attached hydrogens (tertiary/aromatic N) is 3. The molecule has 7 heteroatoms. The Hall–Kier alpha value is -1.81. The fraction of sp³-hybridized carbons (Fsp3) is 0.444. The molecule has 0 saturated heterocycles. The summed E-state index contributed by atoms with van der Waals surface area (Å²) in [4.78, 5) is 8.58. The summed E-state index contributed by atoms with van der Waals surface area (Å²) in [6, 6.07) is 2.09. The summed E-state index contributed by atoms with van der Waals surface area (Å²) in [5.74, 6) is 0.886. The zero-order valence-corrected chi connectivity index (χ0v) is 9.84. The normalized spacial score (nSPS) is 9.75. The van der Waals surface area contributed by atoms with Crippen LogP contribution in [0.25, 0.3) is 0 Å². The molecule has 0 saturated carbocycles. The Bertz CT molecular complexity index is 460. The number of aromatic amines is 1. The van der Waals surface area contributed by atoms with Crippen molar-refractivity contribution in [2.24, 2.45) is 0 Å². The van der Waals surface area contributed by atoms with E-state index >= 15 is 0 Å². The van der Waals surface area contributed by atoms with Crippen LogP contribution >= 0.6 is 12.2 Å². The summed E-state index contributed by atoms with van der Waals surface area (Å²) in [6.07, 6.45) is 1.26. The molecule has 0 amide bonds. The number of rotatable bonds is 4. The second kappa shape index (κ2) is 5.32. The van der Waals surface area contributed by atoms with Gasteiger partial charge in [0.15, 0.2) is 10.6 Å². The molecule has 0 fully saturated rings. The van der Waals surface area contributed by atoms with Crippen molar-refractivity contribution >= 4 is 29.7 Å². The topological polar surface area (TPSA) is 108 Å². The van der Waals surface area contributed by atoms with Crippen LogP contribution < -0.4 is 16.4 Å². The minimum absolute atomic E-state index is 0.237. The number of hydrogen-bond donors (Lipinski definition) is 3. The molecule has 0 spiro atoms. The first-order valence-corrected chi connectivity index (χ1v) is 5.20. The zero-order chi connectivity index (χ0) is 12.1. The molecule has 5 N–H and O–H groups in total. The Balaban J connectivity index is 2.87. The van der Waals surface area contributed by atoms with Crippen molar-refractivity contribution in [2.75, 3.05) is 30.0 Å². The van der Waals surface area contributed by atoms with Crippen molar-refractivity contribution in [1.29, 1.82) is 5.26 Å². The Labute approximate surface area is 98.9 Å². The number of nitrogens with two attached hydrogens (primary N) is 2. The molecule has 0 aliphatic heterocycles. The molecular formula is C9H14N6S. The van der Waals surface area contributed by atoms with Crippen LogP contribution in [0.15, 0.2) is 0 Å². The van der Waals surface area contributed by atoms with Gasteiger partial charge in [-0.25, -0.2) is 4.98 Å². The lowest BCUT2D eigenvalue weighted by Crippen LogP contribution is -2.22. The number of aromatic nitrogens is 2. The summed E-state index contributed by atoms with van der Waals surface area (Å²) in [7, 11) is 1.85. The molecule has 16 heavy (non-hydrogen) atoms. The second-order valence-electron chi connectivity index (χ2n) is 3.37. The van der Waals surface area contributed by atoms with Crippen LogP contribution in [0.1, 0.15) is 12.8 Å². The van der Waals surface area contributed by atoms with Crippen LogP contribution in [0.3, 0.4) is 0 Å². The molecule has 0 radical (unpaired) electrons. The molecule has 1 rings (SSSR count). The fourth-order valence-corrected chi connectivity index (χ4v) is 1.49. The standard InChI is InChI=1S/C9H14N6S/c1-15(5-3-2-4-10)7-6(11)8(16)14-9(12)13-7/h2-3,5,11H2,1H3,(H3,12,13,14,16). The highest BCUT2D eigenvalue weighted by Crippen LogP contribution is 2.20. The smallest absolute Gasteiger partial charge is 0.200 e. The van der Waals surface area contributed by atoms with E-state index in [9.17, 15) is 0 Å². The van der Waals surface area contributed by atoms with Gasteiger partial charge in [-0.3, -0.25) is 0 Å². The number of nitriles is 1. The van der Waals surface area contributed by atoms with Crippen molar-refractivity contribution in [1.82, 2.24) is 9.97 Å². The maximum atomic E-state index is 8.44. The third-order valence-electron chi connectivity index (χ3n) is 2.12. The second-order valence-corrected chi connectivity index (χ2v) is 3.76. The van der Waals surface area contributed by atoms with Gasteiger partial charge in [0.05, 0.1) is 6.07 Å². The monoisotopic (exact) mass is 238 g/mol. The van der Waals surface area contributed by atoms with Gasteiger partial charge in [0.2, 0.25) is 0 Å². The molecule has 1 aromatic rings. The molecule has 1 aromatic heterocycles. The summed E-state index contributed by atoms with van der Waals surface area (Å²) in [5.41, 5.74) is 11.8. The lowest BCUT2D eigenvalue weighted by atomic mass is 10.3. The number of anilines is 3. The van der Waals surface area contributed by atoms with E-state index in [2.05, 4.69) is 16.0 Å². The molecule has 0 aliphatic carbocycles. The van der Waals surface area contributed by atoms with Crippen molar-refractivity contribution in [3.05, 3.63) is 4.64 Å². The minimum Gasteiger partial charge on any atom is -0.393 e. The Kier molecular flexibility index (Phi) is 4.08. The SMILES string of the molecule is CN(CCCC#N)c1[nH]c(N)nc(=S)c1N. The molecule has 0 unspecified atom stereocenters. The molecular weight excluding hydrogens is 224 g/mol. The van der Waals surface area contributed by atoms with Crippen LogP contribution in [-0.2, 0) is 0 Å². The average Bonchev–Trinajstić information content (AvgIpc) is 2.23. The minimum atomic E-state index is 0.237. The Morgan fingerprint density at radius 3 is 2.88 bits per heavy atom. The van der Waals surface area contributed by atoms with E-state index in [0.717, 1.165) is 6.42 Å². The Morgan fingerprint density at radius 2 is 2.25 bits per heavy atom. The van der Waals surface area contributed by atoms with Crippen LogP contribution in [0, 0.1) is 16.0 Å². The zero-order valence-electron chi connectivity index (χ0n) is 9.03. The highest BCUT2D eigenvalue weighted by Gasteiger charge is 2.08. The number of nitrogens with one attached hydrogen (secondary N) is 1.